The van der Waals surface area contributed by atoms with Crippen LogP contribution >= 0.6 is 0 Å². The first-order valence-corrected chi connectivity index (χ1v) is 8.05. The number of nitrogens with zero attached hydrogens (tertiary/aromatic N) is 2. The molecule has 0 unspecified atom stereocenters. The van der Waals surface area contributed by atoms with Crippen LogP contribution < -0.4 is 15.4 Å². The number of benzene rings is 2. The number of rotatable bonds is 5. The standard InChI is InChI=1S/C19H17FN4O2/c1-2-13-7-9-14(10-8-13)23-18(25)24-15-11-21-19(22-12-15)26-17-6-4-3-5-16(17)20/h3-12H,2H2,1H3,(H2,23,24,25). The molecule has 2 aromatic carbocycles. The zero-order chi connectivity index (χ0) is 18.4. The molecule has 0 aliphatic carbocycles. The molecule has 0 radical (unpaired) electrons. The van der Waals surface area contributed by atoms with Gasteiger partial charge in [0.05, 0.1) is 18.1 Å². The summed E-state index contributed by atoms with van der Waals surface area (Å²) in [7, 11) is 0. The van der Waals surface area contributed by atoms with Gasteiger partial charge >= 0.3 is 12.0 Å². The minimum atomic E-state index is -0.508. The van der Waals surface area contributed by atoms with Gasteiger partial charge in [0.2, 0.25) is 0 Å². The lowest BCUT2D eigenvalue weighted by atomic mass is 10.1. The fourth-order valence-corrected chi connectivity index (χ4v) is 2.18. The highest BCUT2D eigenvalue weighted by molar-refractivity contribution is 5.99. The van der Waals surface area contributed by atoms with E-state index >= 15 is 0 Å². The van der Waals surface area contributed by atoms with E-state index in [1.165, 1.54) is 30.1 Å². The number of hydrogen-bond acceptors (Lipinski definition) is 4. The Morgan fingerprint density at radius 1 is 1.00 bits per heavy atom. The van der Waals surface area contributed by atoms with Gasteiger partial charge in [0.15, 0.2) is 11.6 Å². The second-order valence-corrected chi connectivity index (χ2v) is 5.42. The van der Waals surface area contributed by atoms with Gasteiger partial charge in [-0.1, -0.05) is 31.2 Å². The molecule has 2 amide bonds. The van der Waals surface area contributed by atoms with Crippen molar-refractivity contribution >= 4 is 17.4 Å². The summed E-state index contributed by atoms with van der Waals surface area (Å²) in [6, 6.07) is 13.1. The lowest BCUT2D eigenvalue weighted by Crippen LogP contribution is -2.19. The van der Waals surface area contributed by atoms with E-state index < -0.39 is 11.8 Å². The Bertz CT molecular complexity index is 883. The van der Waals surface area contributed by atoms with Gasteiger partial charge in [-0.05, 0) is 36.2 Å². The summed E-state index contributed by atoms with van der Waals surface area (Å²) in [6.07, 6.45) is 3.69. The molecule has 0 atom stereocenters. The summed E-state index contributed by atoms with van der Waals surface area (Å²) in [5.74, 6) is -0.478. The van der Waals surface area contributed by atoms with E-state index in [0.29, 0.717) is 11.4 Å². The van der Waals surface area contributed by atoms with Crippen molar-refractivity contribution in [1.29, 1.82) is 0 Å². The maximum Gasteiger partial charge on any atom is 0.323 e. The van der Waals surface area contributed by atoms with E-state index in [1.54, 1.807) is 12.1 Å². The summed E-state index contributed by atoms with van der Waals surface area (Å²) < 4.78 is 18.8. The highest BCUT2D eigenvalue weighted by Gasteiger charge is 2.07. The van der Waals surface area contributed by atoms with Crippen LogP contribution in [0.5, 0.6) is 11.8 Å². The number of aromatic nitrogens is 2. The fraction of sp³-hybridized carbons (Fsp3) is 0.105. The normalized spacial score (nSPS) is 10.2. The number of anilines is 2. The van der Waals surface area contributed by atoms with Crippen LogP contribution in [-0.4, -0.2) is 16.0 Å². The minimum absolute atomic E-state index is 0.0174. The van der Waals surface area contributed by atoms with Gasteiger partial charge in [-0.25, -0.2) is 19.2 Å². The van der Waals surface area contributed by atoms with Gasteiger partial charge < -0.3 is 15.4 Å². The Morgan fingerprint density at radius 2 is 1.65 bits per heavy atom. The van der Waals surface area contributed by atoms with Gasteiger partial charge in [0.25, 0.3) is 0 Å². The molecule has 3 aromatic rings. The Hall–Kier alpha value is -3.48. The molecule has 7 heteroatoms. The first kappa shape index (κ1) is 17.3. The number of ether oxygens (including phenoxy) is 1. The predicted molar refractivity (Wildman–Crippen MR) is 97.0 cm³/mol. The molecule has 0 bridgehead atoms. The van der Waals surface area contributed by atoms with Crippen molar-refractivity contribution < 1.29 is 13.9 Å². The second-order valence-electron chi connectivity index (χ2n) is 5.42. The first-order chi connectivity index (χ1) is 12.6. The second kappa shape index (κ2) is 8.06. The SMILES string of the molecule is CCc1ccc(NC(=O)Nc2cnc(Oc3ccccc3F)nc2)cc1. The zero-order valence-electron chi connectivity index (χ0n) is 14.1. The molecule has 6 nitrogen and oxygen atoms in total. The highest BCUT2D eigenvalue weighted by atomic mass is 19.1. The average Bonchev–Trinajstić information content (AvgIpc) is 2.66. The Labute approximate surface area is 150 Å². The van der Waals surface area contributed by atoms with E-state index in [2.05, 4.69) is 27.5 Å². The van der Waals surface area contributed by atoms with E-state index in [4.69, 9.17) is 4.74 Å². The van der Waals surface area contributed by atoms with Crippen molar-refractivity contribution in [2.24, 2.45) is 0 Å². The molecular weight excluding hydrogens is 335 g/mol. The van der Waals surface area contributed by atoms with Crippen molar-refractivity contribution in [2.45, 2.75) is 13.3 Å². The molecule has 0 fully saturated rings. The molecule has 0 saturated heterocycles. The van der Waals surface area contributed by atoms with Crippen LogP contribution in [0.25, 0.3) is 0 Å². The van der Waals surface area contributed by atoms with Crippen LogP contribution in [0.15, 0.2) is 60.9 Å². The lowest BCUT2D eigenvalue weighted by molar-refractivity contribution is 0.262. The number of urea groups is 1. The van der Waals surface area contributed by atoms with E-state index in [9.17, 15) is 9.18 Å². The molecule has 3 rings (SSSR count). The quantitative estimate of drug-likeness (QED) is 0.703. The number of hydrogen-bond donors (Lipinski definition) is 2. The van der Waals surface area contributed by atoms with E-state index in [1.807, 2.05) is 24.3 Å². The Balaban J connectivity index is 1.58. The summed E-state index contributed by atoms with van der Waals surface area (Å²) in [6.45, 7) is 2.06. The summed E-state index contributed by atoms with van der Waals surface area (Å²) in [5, 5.41) is 5.33. The molecule has 26 heavy (non-hydrogen) atoms. The van der Waals surface area contributed by atoms with Gasteiger partial charge in [-0.3, -0.25) is 0 Å². The topological polar surface area (TPSA) is 76.1 Å². The lowest BCUT2D eigenvalue weighted by Gasteiger charge is -2.08. The summed E-state index contributed by atoms with van der Waals surface area (Å²) >= 11 is 0. The van der Waals surface area contributed by atoms with Gasteiger partial charge in [0.1, 0.15) is 0 Å². The smallest absolute Gasteiger partial charge is 0.323 e. The van der Waals surface area contributed by atoms with Gasteiger partial charge in [0, 0.05) is 5.69 Å². The largest absolute Gasteiger partial charge is 0.421 e. The van der Waals surface area contributed by atoms with E-state index in [0.717, 1.165) is 6.42 Å². The van der Waals surface area contributed by atoms with Crippen LogP contribution in [-0.2, 0) is 6.42 Å². The van der Waals surface area contributed by atoms with Crippen molar-refractivity contribution in [3.8, 4) is 11.8 Å². The average molecular weight is 352 g/mol. The van der Waals surface area contributed by atoms with Gasteiger partial charge in [-0.2, -0.15) is 0 Å². The highest BCUT2D eigenvalue weighted by Crippen LogP contribution is 2.21. The third kappa shape index (κ3) is 4.54. The summed E-state index contributed by atoms with van der Waals surface area (Å²) in [5.41, 5.74) is 2.25. The van der Waals surface area contributed by atoms with Crippen molar-refractivity contribution in [3.05, 3.63) is 72.3 Å². The molecule has 1 aromatic heterocycles. The fourth-order valence-electron chi connectivity index (χ4n) is 2.18. The third-order valence-corrected chi connectivity index (χ3v) is 3.54. The molecule has 0 aliphatic heterocycles. The Morgan fingerprint density at radius 3 is 2.31 bits per heavy atom. The maximum atomic E-state index is 13.5. The van der Waals surface area contributed by atoms with Crippen LogP contribution in [0.1, 0.15) is 12.5 Å². The number of halogens is 1. The number of carbonyl (C=O) groups is 1. The van der Waals surface area contributed by atoms with Crippen LogP contribution in [0.2, 0.25) is 0 Å². The zero-order valence-corrected chi connectivity index (χ0v) is 14.1. The molecule has 0 saturated carbocycles. The van der Waals surface area contributed by atoms with Crippen molar-refractivity contribution in [3.63, 3.8) is 0 Å². The third-order valence-electron chi connectivity index (χ3n) is 3.54. The molecule has 2 N–H and O–H groups in total. The van der Waals surface area contributed by atoms with Crippen LogP contribution in [0, 0.1) is 5.82 Å². The maximum absolute atomic E-state index is 13.5. The Kier molecular flexibility index (Phi) is 5.38. The molecule has 132 valence electrons. The minimum Gasteiger partial charge on any atom is -0.421 e. The van der Waals surface area contributed by atoms with Gasteiger partial charge in [-0.15, -0.1) is 0 Å². The molecule has 1 heterocycles. The summed E-state index contributed by atoms with van der Waals surface area (Å²) in [4.78, 5) is 19.9. The predicted octanol–water partition coefficient (Wildman–Crippen LogP) is 4.61. The molecule has 0 spiro atoms. The first-order valence-electron chi connectivity index (χ1n) is 8.05. The monoisotopic (exact) mass is 352 g/mol. The number of carbonyl (C=O) groups excluding carboxylic acids is 1. The number of para-hydroxylation sites is 1. The van der Waals surface area contributed by atoms with E-state index in [-0.39, 0.29) is 11.8 Å². The number of nitrogens with one attached hydrogen (secondary N) is 2. The number of amides is 2. The molecule has 0 aliphatic rings. The molecular formula is C19H17FN4O2. The van der Waals surface area contributed by atoms with Crippen molar-refractivity contribution in [1.82, 2.24) is 9.97 Å². The number of aryl methyl sites for hydroxylation is 1. The van der Waals surface area contributed by atoms with Crippen molar-refractivity contribution in [2.75, 3.05) is 10.6 Å². The van der Waals surface area contributed by atoms with Crippen LogP contribution in [0.4, 0.5) is 20.6 Å². The van der Waals surface area contributed by atoms with Crippen LogP contribution in [0.3, 0.4) is 0 Å².